The Bertz CT molecular complexity index is 499. The summed E-state index contributed by atoms with van der Waals surface area (Å²) in [6.45, 7) is 9.11. The van der Waals surface area contributed by atoms with Crippen molar-refractivity contribution in [2.75, 3.05) is 18.4 Å². The fourth-order valence-electron chi connectivity index (χ4n) is 2.41. The van der Waals surface area contributed by atoms with Gasteiger partial charge in [0, 0.05) is 19.3 Å². The fraction of sp³-hybridized carbons (Fsp3) is 0.667. The molecule has 1 aliphatic heterocycles. The average Bonchev–Trinajstić information content (AvgIpc) is 2.86. The van der Waals surface area contributed by atoms with Crippen molar-refractivity contribution in [2.45, 2.75) is 52.2 Å². The third-order valence-corrected chi connectivity index (χ3v) is 3.23. The SMILES string of the molecule is CCNc1nccc(C2CCCN2C(=O)OC(C)(C)C)n1. The van der Waals surface area contributed by atoms with Crippen LogP contribution in [0.4, 0.5) is 10.7 Å². The first-order chi connectivity index (χ1) is 9.90. The van der Waals surface area contributed by atoms with Gasteiger partial charge in [-0.05, 0) is 46.6 Å². The van der Waals surface area contributed by atoms with E-state index in [2.05, 4.69) is 15.3 Å². The number of rotatable bonds is 3. The van der Waals surface area contributed by atoms with E-state index in [0.717, 1.165) is 25.1 Å². The van der Waals surface area contributed by atoms with Gasteiger partial charge in [-0.3, -0.25) is 4.90 Å². The molecule has 0 saturated carbocycles. The lowest BCUT2D eigenvalue weighted by molar-refractivity contribution is 0.0221. The number of likely N-dealkylation sites (tertiary alicyclic amines) is 1. The number of ether oxygens (including phenoxy) is 1. The predicted molar refractivity (Wildman–Crippen MR) is 81.1 cm³/mol. The van der Waals surface area contributed by atoms with Crippen LogP contribution in [0.5, 0.6) is 0 Å². The van der Waals surface area contributed by atoms with E-state index in [4.69, 9.17) is 4.74 Å². The maximum Gasteiger partial charge on any atom is 0.410 e. The lowest BCUT2D eigenvalue weighted by atomic mass is 10.1. The second kappa shape index (κ2) is 6.28. The van der Waals surface area contributed by atoms with Crippen molar-refractivity contribution in [2.24, 2.45) is 0 Å². The highest BCUT2D eigenvalue weighted by Crippen LogP contribution is 2.32. The van der Waals surface area contributed by atoms with Crippen LogP contribution in [0.1, 0.15) is 52.3 Å². The molecule has 1 saturated heterocycles. The fourth-order valence-corrected chi connectivity index (χ4v) is 2.41. The molecule has 1 aliphatic rings. The van der Waals surface area contributed by atoms with Crippen LogP contribution in [0.15, 0.2) is 12.3 Å². The van der Waals surface area contributed by atoms with Gasteiger partial charge in [-0.25, -0.2) is 14.8 Å². The van der Waals surface area contributed by atoms with Crippen LogP contribution in [-0.2, 0) is 4.74 Å². The van der Waals surface area contributed by atoms with Gasteiger partial charge in [0.25, 0.3) is 0 Å². The van der Waals surface area contributed by atoms with Gasteiger partial charge in [-0.15, -0.1) is 0 Å². The number of anilines is 1. The summed E-state index contributed by atoms with van der Waals surface area (Å²) in [6, 6.07) is 1.84. The van der Waals surface area contributed by atoms with Crippen LogP contribution < -0.4 is 5.32 Å². The second-order valence-corrected chi connectivity index (χ2v) is 6.17. The van der Waals surface area contributed by atoms with Crippen LogP contribution in [0.2, 0.25) is 0 Å². The highest BCUT2D eigenvalue weighted by molar-refractivity contribution is 5.69. The zero-order valence-electron chi connectivity index (χ0n) is 13.2. The average molecular weight is 292 g/mol. The van der Waals surface area contributed by atoms with Gasteiger partial charge < -0.3 is 10.1 Å². The van der Waals surface area contributed by atoms with Gasteiger partial charge >= 0.3 is 6.09 Å². The Labute approximate surface area is 125 Å². The Balaban J connectivity index is 2.14. The Hall–Kier alpha value is -1.85. The molecule has 0 bridgehead atoms. The van der Waals surface area contributed by atoms with Gasteiger partial charge in [0.2, 0.25) is 5.95 Å². The molecule has 116 valence electrons. The number of nitrogens with one attached hydrogen (secondary N) is 1. The van der Waals surface area contributed by atoms with Crippen molar-refractivity contribution in [1.82, 2.24) is 14.9 Å². The highest BCUT2D eigenvalue weighted by Gasteiger charge is 2.34. The molecule has 2 heterocycles. The lowest BCUT2D eigenvalue weighted by Crippen LogP contribution is -2.36. The Morgan fingerprint density at radius 3 is 2.95 bits per heavy atom. The molecule has 1 unspecified atom stereocenters. The molecule has 2 rings (SSSR count). The van der Waals surface area contributed by atoms with Crippen molar-refractivity contribution < 1.29 is 9.53 Å². The number of hydrogen-bond donors (Lipinski definition) is 1. The van der Waals surface area contributed by atoms with E-state index >= 15 is 0 Å². The summed E-state index contributed by atoms with van der Waals surface area (Å²) < 4.78 is 5.48. The summed E-state index contributed by atoms with van der Waals surface area (Å²) in [4.78, 5) is 22.7. The molecule has 0 radical (unpaired) electrons. The van der Waals surface area contributed by atoms with E-state index in [-0.39, 0.29) is 12.1 Å². The normalized spacial score (nSPS) is 18.7. The zero-order chi connectivity index (χ0) is 15.5. The molecular weight excluding hydrogens is 268 g/mol. The van der Waals surface area contributed by atoms with Crippen molar-refractivity contribution >= 4 is 12.0 Å². The molecule has 1 atom stereocenters. The molecule has 0 spiro atoms. The number of hydrogen-bond acceptors (Lipinski definition) is 5. The van der Waals surface area contributed by atoms with Crippen molar-refractivity contribution in [3.8, 4) is 0 Å². The summed E-state index contributed by atoms with van der Waals surface area (Å²) in [7, 11) is 0. The summed E-state index contributed by atoms with van der Waals surface area (Å²) in [6.07, 6.45) is 3.33. The van der Waals surface area contributed by atoms with E-state index in [1.54, 1.807) is 11.1 Å². The highest BCUT2D eigenvalue weighted by atomic mass is 16.6. The minimum atomic E-state index is -0.481. The Kier molecular flexibility index (Phi) is 4.65. The summed E-state index contributed by atoms with van der Waals surface area (Å²) in [5.41, 5.74) is 0.384. The number of carbonyl (C=O) groups is 1. The summed E-state index contributed by atoms with van der Waals surface area (Å²) in [5.74, 6) is 0.603. The van der Waals surface area contributed by atoms with Crippen molar-refractivity contribution in [3.05, 3.63) is 18.0 Å². The number of aromatic nitrogens is 2. The summed E-state index contributed by atoms with van der Waals surface area (Å²) >= 11 is 0. The first kappa shape index (κ1) is 15.5. The number of nitrogens with zero attached hydrogens (tertiary/aromatic N) is 3. The van der Waals surface area contributed by atoms with Gasteiger partial charge in [0.05, 0.1) is 11.7 Å². The molecule has 1 aromatic rings. The van der Waals surface area contributed by atoms with Crippen molar-refractivity contribution in [1.29, 1.82) is 0 Å². The largest absolute Gasteiger partial charge is 0.444 e. The zero-order valence-corrected chi connectivity index (χ0v) is 13.2. The van der Waals surface area contributed by atoms with Gasteiger partial charge in [-0.2, -0.15) is 0 Å². The molecule has 1 N–H and O–H groups in total. The van der Waals surface area contributed by atoms with Gasteiger partial charge in [-0.1, -0.05) is 0 Å². The van der Waals surface area contributed by atoms with Crippen molar-refractivity contribution in [3.63, 3.8) is 0 Å². The maximum atomic E-state index is 12.3. The number of carbonyl (C=O) groups excluding carboxylic acids is 1. The van der Waals surface area contributed by atoms with Crippen LogP contribution in [-0.4, -0.2) is 39.7 Å². The third kappa shape index (κ3) is 4.06. The lowest BCUT2D eigenvalue weighted by Gasteiger charge is -2.28. The predicted octanol–water partition coefficient (Wildman–Crippen LogP) is 2.98. The molecule has 0 aliphatic carbocycles. The third-order valence-electron chi connectivity index (χ3n) is 3.23. The minimum absolute atomic E-state index is 0.0275. The quantitative estimate of drug-likeness (QED) is 0.927. The molecule has 21 heavy (non-hydrogen) atoms. The molecule has 1 amide bonds. The topological polar surface area (TPSA) is 67.4 Å². The summed E-state index contributed by atoms with van der Waals surface area (Å²) in [5, 5.41) is 3.10. The standard InChI is InChI=1S/C15H24N4O2/c1-5-16-13-17-9-8-11(18-13)12-7-6-10-19(12)14(20)21-15(2,3)4/h8-9,12H,5-7,10H2,1-4H3,(H,16,17,18). The molecule has 1 aromatic heterocycles. The smallest absolute Gasteiger partial charge is 0.410 e. The van der Waals surface area contributed by atoms with Crippen LogP contribution in [0.25, 0.3) is 0 Å². The Morgan fingerprint density at radius 1 is 1.52 bits per heavy atom. The molecule has 6 heteroatoms. The van der Waals surface area contributed by atoms with Crippen LogP contribution >= 0.6 is 0 Å². The monoisotopic (exact) mass is 292 g/mol. The van der Waals surface area contributed by atoms with Crippen LogP contribution in [0, 0.1) is 0 Å². The first-order valence-corrected chi connectivity index (χ1v) is 7.47. The van der Waals surface area contributed by atoms with Crippen LogP contribution in [0.3, 0.4) is 0 Å². The first-order valence-electron chi connectivity index (χ1n) is 7.47. The second-order valence-electron chi connectivity index (χ2n) is 6.17. The van der Waals surface area contributed by atoms with E-state index in [0.29, 0.717) is 12.5 Å². The molecule has 1 fully saturated rings. The minimum Gasteiger partial charge on any atom is -0.444 e. The number of amides is 1. The molecular formula is C15H24N4O2. The molecule has 6 nitrogen and oxygen atoms in total. The van der Waals surface area contributed by atoms with E-state index < -0.39 is 5.60 Å². The van der Waals surface area contributed by atoms with E-state index in [1.807, 2.05) is 33.8 Å². The van der Waals surface area contributed by atoms with Gasteiger partial charge in [0.15, 0.2) is 0 Å². The maximum absolute atomic E-state index is 12.3. The van der Waals surface area contributed by atoms with E-state index in [9.17, 15) is 4.79 Å². The molecule has 0 aromatic carbocycles. The van der Waals surface area contributed by atoms with Gasteiger partial charge in [0.1, 0.15) is 5.60 Å². The Morgan fingerprint density at radius 2 is 2.29 bits per heavy atom. The van der Waals surface area contributed by atoms with E-state index in [1.165, 1.54) is 0 Å².